The minimum absolute atomic E-state index is 0. The first kappa shape index (κ1) is 26.9. The van der Waals surface area contributed by atoms with E-state index >= 15 is 0 Å². The Morgan fingerprint density at radius 3 is 2.83 bits per heavy atom. The molecule has 2 rings (SSSR count). The van der Waals surface area contributed by atoms with E-state index in [0.29, 0.717) is 12.5 Å². The fraction of sp³-hybridized carbons (Fsp3) is 0.682. The Kier molecular flexibility index (Phi) is 14.1. The summed E-state index contributed by atoms with van der Waals surface area (Å²) in [6.45, 7) is 7.68. The van der Waals surface area contributed by atoms with Gasteiger partial charge in [-0.15, -0.1) is 24.0 Å². The van der Waals surface area contributed by atoms with Gasteiger partial charge in [0.25, 0.3) is 0 Å². The molecule has 0 aliphatic carbocycles. The molecule has 1 aromatic carbocycles. The topological polar surface area (TPSA) is 67.4 Å². The lowest BCUT2D eigenvalue weighted by Crippen LogP contribution is -2.38. The molecule has 1 saturated heterocycles. The van der Waals surface area contributed by atoms with Gasteiger partial charge in [0.1, 0.15) is 5.75 Å². The molecule has 2 unspecified atom stereocenters. The van der Waals surface area contributed by atoms with Gasteiger partial charge in [-0.25, -0.2) is 0 Å². The molecule has 172 valence electrons. The first-order valence-electron chi connectivity index (χ1n) is 10.6. The Labute approximate surface area is 199 Å². The first-order valence-corrected chi connectivity index (χ1v) is 10.6. The molecule has 1 heterocycles. The molecule has 1 aromatic rings. The van der Waals surface area contributed by atoms with E-state index in [1.54, 1.807) is 7.11 Å². The largest absolute Gasteiger partial charge is 0.497 e. The van der Waals surface area contributed by atoms with Crippen LogP contribution in [0.3, 0.4) is 0 Å². The van der Waals surface area contributed by atoms with Crippen LogP contribution < -0.4 is 15.4 Å². The van der Waals surface area contributed by atoms with Crippen molar-refractivity contribution in [3.8, 4) is 5.75 Å². The van der Waals surface area contributed by atoms with Crippen LogP contribution in [0.4, 0.5) is 0 Å². The minimum Gasteiger partial charge on any atom is -0.497 e. The van der Waals surface area contributed by atoms with Crippen LogP contribution in [0.25, 0.3) is 0 Å². The van der Waals surface area contributed by atoms with Crippen LogP contribution in [0.5, 0.6) is 5.75 Å². The van der Waals surface area contributed by atoms with E-state index in [1.807, 2.05) is 12.1 Å². The zero-order valence-corrected chi connectivity index (χ0v) is 21.2. The maximum absolute atomic E-state index is 5.77. The fourth-order valence-electron chi connectivity index (χ4n) is 3.28. The second-order valence-electron chi connectivity index (χ2n) is 7.56. The molecule has 8 heteroatoms. The van der Waals surface area contributed by atoms with Crippen LogP contribution in [-0.2, 0) is 9.47 Å². The van der Waals surface area contributed by atoms with Crippen LogP contribution in [0.15, 0.2) is 29.3 Å². The average Bonchev–Trinajstić information content (AvgIpc) is 3.24. The van der Waals surface area contributed by atoms with Crippen molar-refractivity contribution in [2.45, 2.75) is 25.8 Å². The van der Waals surface area contributed by atoms with Crippen LogP contribution in [-0.4, -0.2) is 78.1 Å². The molecular weight excluding hydrogens is 495 g/mol. The number of benzene rings is 1. The molecule has 30 heavy (non-hydrogen) atoms. The standard InChI is InChI=1S/C22H38N4O3.HI/c1-5-23-22(24-11-7-12-28-16-18-10-13-29-17-18)25-15-21(26(2)3)19-8-6-9-20(14-19)27-4;/h6,8-9,14,18,21H,5,7,10-13,15-17H2,1-4H3,(H2,23,24,25);1H. The van der Waals surface area contributed by atoms with Gasteiger partial charge in [0.05, 0.1) is 32.9 Å². The van der Waals surface area contributed by atoms with E-state index in [0.717, 1.165) is 64.1 Å². The second kappa shape index (κ2) is 15.7. The normalized spacial score (nSPS) is 17.5. The highest BCUT2D eigenvalue weighted by Gasteiger charge is 2.16. The SMILES string of the molecule is CCNC(=NCC(c1cccc(OC)c1)N(C)C)NCCCOCC1CCOC1.I. The van der Waals surface area contributed by atoms with E-state index in [2.05, 4.69) is 48.7 Å². The lowest BCUT2D eigenvalue weighted by Gasteiger charge is -2.24. The highest BCUT2D eigenvalue weighted by molar-refractivity contribution is 14.0. The van der Waals surface area contributed by atoms with Crippen molar-refractivity contribution in [1.29, 1.82) is 0 Å². The van der Waals surface area contributed by atoms with Crippen molar-refractivity contribution in [2.75, 3.05) is 67.3 Å². The zero-order chi connectivity index (χ0) is 20.9. The van der Waals surface area contributed by atoms with Crippen molar-refractivity contribution in [3.63, 3.8) is 0 Å². The molecule has 7 nitrogen and oxygen atoms in total. The molecule has 1 aliphatic heterocycles. The number of hydrogen-bond donors (Lipinski definition) is 2. The summed E-state index contributed by atoms with van der Waals surface area (Å²) in [5.74, 6) is 2.28. The maximum Gasteiger partial charge on any atom is 0.191 e. The summed E-state index contributed by atoms with van der Waals surface area (Å²) in [6, 6.07) is 8.36. The lowest BCUT2D eigenvalue weighted by molar-refractivity contribution is 0.0888. The molecule has 0 bridgehead atoms. The first-order chi connectivity index (χ1) is 14.1. The number of guanidine groups is 1. The molecule has 0 radical (unpaired) electrons. The Morgan fingerprint density at radius 1 is 1.33 bits per heavy atom. The smallest absolute Gasteiger partial charge is 0.191 e. The van der Waals surface area contributed by atoms with Crippen LogP contribution >= 0.6 is 24.0 Å². The number of nitrogens with one attached hydrogen (secondary N) is 2. The molecule has 1 aliphatic rings. The third-order valence-electron chi connectivity index (χ3n) is 5.00. The Bertz CT molecular complexity index is 610. The van der Waals surface area contributed by atoms with E-state index in [4.69, 9.17) is 19.2 Å². The van der Waals surface area contributed by atoms with E-state index in [-0.39, 0.29) is 30.0 Å². The Hall–Kier alpha value is -1.10. The summed E-state index contributed by atoms with van der Waals surface area (Å²) in [7, 11) is 5.85. The summed E-state index contributed by atoms with van der Waals surface area (Å²) in [6.07, 6.45) is 2.07. The minimum atomic E-state index is 0. The molecule has 0 aromatic heterocycles. The third-order valence-corrected chi connectivity index (χ3v) is 5.00. The number of halogens is 1. The van der Waals surface area contributed by atoms with Crippen molar-refractivity contribution < 1.29 is 14.2 Å². The summed E-state index contributed by atoms with van der Waals surface area (Å²) in [5, 5.41) is 6.73. The predicted molar refractivity (Wildman–Crippen MR) is 133 cm³/mol. The molecule has 0 saturated carbocycles. The van der Waals surface area contributed by atoms with E-state index in [9.17, 15) is 0 Å². The number of aliphatic imine (C=N–C) groups is 1. The maximum atomic E-state index is 5.77. The molecule has 0 spiro atoms. The van der Waals surface area contributed by atoms with E-state index < -0.39 is 0 Å². The summed E-state index contributed by atoms with van der Waals surface area (Å²) in [4.78, 5) is 6.99. The molecule has 1 fully saturated rings. The van der Waals surface area contributed by atoms with Crippen LogP contribution in [0, 0.1) is 5.92 Å². The number of ether oxygens (including phenoxy) is 3. The van der Waals surface area contributed by atoms with E-state index in [1.165, 1.54) is 5.56 Å². The third kappa shape index (κ3) is 9.80. The lowest BCUT2D eigenvalue weighted by atomic mass is 10.1. The van der Waals surface area contributed by atoms with Gasteiger partial charge < -0.3 is 29.7 Å². The van der Waals surface area contributed by atoms with Crippen molar-refractivity contribution >= 4 is 29.9 Å². The summed E-state index contributed by atoms with van der Waals surface area (Å²) >= 11 is 0. The van der Waals surface area contributed by atoms with Crippen molar-refractivity contribution in [2.24, 2.45) is 10.9 Å². The van der Waals surface area contributed by atoms with Gasteiger partial charge >= 0.3 is 0 Å². The van der Waals surface area contributed by atoms with Crippen LogP contribution in [0.1, 0.15) is 31.4 Å². The highest BCUT2D eigenvalue weighted by atomic mass is 127. The quantitative estimate of drug-likeness (QED) is 0.186. The van der Waals surface area contributed by atoms with Gasteiger partial charge in [-0.2, -0.15) is 0 Å². The number of hydrogen-bond acceptors (Lipinski definition) is 5. The zero-order valence-electron chi connectivity index (χ0n) is 18.9. The molecule has 2 N–H and O–H groups in total. The Morgan fingerprint density at radius 2 is 2.17 bits per heavy atom. The van der Waals surface area contributed by atoms with Gasteiger partial charge in [-0.05, 0) is 51.6 Å². The fourth-order valence-corrected chi connectivity index (χ4v) is 3.28. The average molecular weight is 534 g/mol. The van der Waals surface area contributed by atoms with Crippen molar-refractivity contribution in [1.82, 2.24) is 15.5 Å². The Balaban J connectivity index is 0.00000450. The number of nitrogens with zero attached hydrogens (tertiary/aromatic N) is 2. The van der Waals surface area contributed by atoms with Gasteiger partial charge in [-0.1, -0.05) is 12.1 Å². The van der Waals surface area contributed by atoms with Gasteiger partial charge in [0.15, 0.2) is 5.96 Å². The highest BCUT2D eigenvalue weighted by Crippen LogP contribution is 2.22. The van der Waals surface area contributed by atoms with Crippen LogP contribution in [0.2, 0.25) is 0 Å². The van der Waals surface area contributed by atoms with Gasteiger partial charge in [0, 0.05) is 32.2 Å². The second-order valence-corrected chi connectivity index (χ2v) is 7.56. The summed E-state index contributed by atoms with van der Waals surface area (Å²) < 4.78 is 16.5. The monoisotopic (exact) mass is 534 g/mol. The predicted octanol–water partition coefficient (Wildman–Crippen LogP) is 2.91. The van der Waals surface area contributed by atoms with Gasteiger partial charge in [0.2, 0.25) is 0 Å². The number of likely N-dealkylation sites (N-methyl/N-ethyl adjacent to an activating group) is 1. The summed E-state index contributed by atoms with van der Waals surface area (Å²) in [5.41, 5.74) is 1.19. The molecular formula is C22H39IN4O3. The molecule has 2 atom stereocenters. The van der Waals surface area contributed by atoms with Crippen molar-refractivity contribution in [3.05, 3.63) is 29.8 Å². The molecule has 0 amide bonds. The van der Waals surface area contributed by atoms with Gasteiger partial charge in [-0.3, -0.25) is 4.99 Å². The number of methoxy groups -OCH3 is 1. The number of rotatable bonds is 12.